The van der Waals surface area contributed by atoms with Gasteiger partial charge in [0.05, 0.1) is 26.4 Å². The molecule has 0 aliphatic rings. The Bertz CT molecular complexity index is 1740. The average molecular weight is 1310 g/mol. The van der Waals surface area contributed by atoms with Gasteiger partial charge in [-0.05, 0) is 37.5 Å². The van der Waals surface area contributed by atoms with Crippen molar-refractivity contribution in [2.24, 2.45) is 11.8 Å². The van der Waals surface area contributed by atoms with Gasteiger partial charge >= 0.3 is 39.5 Å². The van der Waals surface area contributed by atoms with Crippen LogP contribution in [0, 0.1) is 11.8 Å². The number of phosphoric acid groups is 2. The predicted octanol–water partition coefficient (Wildman–Crippen LogP) is 20.0. The Hall–Kier alpha value is -1.94. The van der Waals surface area contributed by atoms with Crippen molar-refractivity contribution in [3.05, 3.63) is 0 Å². The highest BCUT2D eigenvalue weighted by atomic mass is 31.2. The fraction of sp³-hybridized carbons (Fsp3) is 0.943. The van der Waals surface area contributed by atoms with E-state index in [-0.39, 0.29) is 25.7 Å². The number of unbranched alkanes of at least 4 members (excludes halogenated alkanes) is 38. The van der Waals surface area contributed by atoms with Crippen LogP contribution in [0.5, 0.6) is 0 Å². The SMILES string of the molecule is CCCCCCCCCCCCCCCCCCC(=O)O[C@H](COC(=O)CCCCCCCCCCCCC(C)CC)COP(=O)(O)OC[C@@H](O)COP(=O)(O)OC[C@@H](COC(=O)CCCCCCCCC)OC(=O)CCCCCCCCCCCC(C)C. The predicted molar refractivity (Wildman–Crippen MR) is 358 cm³/mol. The first-order chi connectivity index (χ1) is 42.9. The molecule has 3 N–H and O–H groups in total. The summed E-state index contributed by atoms with van der Waals surface area (Å²) < 4.78 is 68.2. The highest BCUT2D eigenvalue weighted by molar-refractivity contribution is 7.47. The standard InChI is InChI=1S/C70H136O17P2/c1-7-10-12-14-16-17-18-19-20-21-22-23-30-36-42-48-54-69(74)87-66(59-81-68(73)53-47-41-35-29-25-24-28-34-39-45-51-63(6)9-3)61-85-89(78,79)83-57-64(71)56-82-88(76,77)84-60-65(58-80-67(72)52-46-40-32-15-13-11-8-2)86-70(75)55-49-43-37-31-26-27-33-38-44-50-62(4)5/h62-66,71H,7-61H2,1-6H3,(H,76,77)(H,78,79)/t63?,64-,65+,66+/m0/s1. The molecule has 0 heterocycles. The minimum absolute atomic E-state index is 0.105. The topological polar surface area (TPSA) is 237 Å². The van der Waals surface area contributed by atoms with Crippen LogP contribution in [0.25, 0.3) is 0 Å². The second-order valence-electron chi connectivity index (χ2n) is 26.0. The lowest BCUT2D eigenvalue weighted by atomic mass is 9.99. The molecule has 0 saturated heterocycles. The van der Waals surface area contributed by atoms with Crippen molar-refractivity contribution >= 4 is 39.5 Å². The molecule has 19 heteroatoms. The van der Waals surface area contributed by atoms with Crippen LogP contribution in [-0.4, -0.2) is 96.7 Å². The minimum atomic E-state index is -4.95. The summed E-state index contributed by atoms with van der Waals surface area (Å²) in [6.07, 6.45) is 47.2. The number of hydrogen-bond acceptors (Lipinski definition) is 15. The third-order valence-corrected chi connectivity index (χ3v) is 18.5. The zero-order chi connectivity index (χ0) is 65.7. The van der Waals surface area contributed by atoms with Crippen molar-refractivity contribution in [3.63, 3.8) is 0 Å². The van der Waals surface area contributed by atoms with E-state index in [1.54, 1.807) is 0 Å². The summed E-state index contributed by atoms with van der Waals surface area (Å²) in [5, 5.41) is 10.6. The van der Waals surface area contributed by atoms with Gasteiger partial charge in [0.15, 0.2) is 12.2 Å². The van der Waals surface area contributed by atoms with E-state index >= 15 is 0 Å². The molecule has 0 aromatic heterocycles. The molecule has 0 rings (SSSR count). The lowest BCUT2D eigenvalue weighted by Gasteiger charge is -2.21. The quantitative estimate of drug-likeness (QED) is 0.0222. The van der Waals surface area contributed by atoms with Gasteiger partial charge in [0, 0.05) is 25.7 Å². The lowest BCUT2D eigenvalue weighted by molar-refractivity contribution is -0.161. The third kappa shape index (κ3) is 63.2. The second kappa shape index (κ2) is 62.2. The van der Waals surface area contributed by atoms with E-state index in [4.69, 9.17) is 37.0 Å². The van der Waals surface area contributed by atoms with Gasteiger partial charge in [-0.2, -0.15) is 0 Å². The van der Waals surface area contributed by atoms with Crippen LogP contribution in [0.1, 0.15) is 356 Å². The Morgan fingerprint density at radius 3 is 0.854 bits per heavy atom. The first-order valence-electron chi connectivity index (χ1n) is 36.5. The number of carbonyl (C=O) groups is 4. The van der Waals surface area contributed by atoms with Crippen molar-refractivity contribution in [2.45, 2.75) is 374 Å². The summed E-state index contributed by atoms with van der Waals surface area (Å²) in [4.78, 5) is 72.4. The Kier molecular flexibility index (Phi) is 60.8. The first-order valence-corrected chi connectivity index (χ1v) is 39.5. The van der Waals surface area contributed by atoms with Crippen LogP contribution >= 0.6 is 15.6 Å². The molecule has 0 fully saturated rings. The molecule has 0 aliphatic carbocycles. The van der Waals surface area contributed by atoms with Gasteiger partial charge in [0.2, 0.25) is 0 Å². The number of hydrogen-bond donors (Lipinski definition) is 3. The van der Waals surface area contributed by atoms with Crippen LogP contribution in [0.15, 0.2) is 0 Å². The molecular weight excluding hydrogens is 1170 g/mol. The molecule has 0 aromatic rings. The van der Waals surface area contributed by atoms with E-state index in [1.165, 1.54) is 161 Å². The van der Waals surface area contributed by atoms with Crippen LogP contribution in [0.2, 0.25) is 0 Å². The number of esters is 4. The molecule has 0 saturated carbocycles. The Morgan fingerprint density at radius 2 is 0.573 bits per heavy atom. The summed E-state index contributed by atoms with van der Waals surface area (Å²) >= 11 is 0. The lowest BCUT2D eigenvalue weighted by Crippen LogP contribution is -2.30. The summed E-state index contributed by atoms with van der Waals surface area (Å²) in [6.45, 7) is 9.52. The van der Waals surface area contributed by atoms with Crippen molar-refractivity contribution < 1.29 is 80.2 Å². The highest BCUT2D eigenvalue weighted by Gasteiger charge is 2.30. The maximum Gasteiger partial charge on any atom is 0.472 e. The van der Waals surface area contributed by atoms with E-state index in [1.807, 2.05) is 0 Å². The Labute approximate surface area is 543 Å². The summed E-state index contributed by atoms with van der Waals surface area (Å²) in [6, 6.07) is 0. The van der Waals surface area contributed by atoms with E-state index in [0.717, 1.165) is 115 Å². The normalized spacial score (nSPS) is 14.4. The molecule has 89 heavy (non-hydrogen) atoms. The van der Waals surface area contributed by atoms with E-state index in [2.05, 4.69) is 41.5 Å². The first kappa shape index (κ1) is 87.1. The van der Waals surface area contributed by atoms with Gasteiger partial charge in [-0.1, -0.05) is 305 Å². The molecule has 0 aromatic carbocycles. The highest BCUT2D eigenvalue weighted by Crippen LogP contribution is 2.45. The largest absolute Gasteiger partial charge is 0.472 e. The fourth-order valence-corrected chi connectivity index (χ4v) is 12.1. The third-order valence-electron chi connectivity index (χ3n) is 16.6. The maximum atomic E-state index is 13.0. The number of aliphatic hydroxyl groups excluding tert-OH is 1. The number of phosphoric ester groups is 2. The van der Waals surface area contributed by atoms with Crippen molar-refractivity contribution in [1.82, 2.24) is 0 Å². The number of carbonyl (C=O) groups excluding carboxylic acids is 4. The van der Waals surface area contributed by atoms with Crippen molar-refractivity contribution in [1.29, 1.82) is 0 Å². The average Bonchev–Trinajstić information content (AvgIpc) is 3.53. The summed E-state index contributed by atoms with van der Waals surface area (Å²) in [5.41, 5.74) is 0. The number of rotatable bonds is 69. The van der Waals surface area contributed by atoms with Gasteiger partial charge < -0.3 is 33.8 Å². The van der Waals surface area contributed by atoms with Crippen molar-refractivity contribution in [3.8, 4) is 0 Å². The molecule has 0 amide bonds. The molecule has 528 valence electrons. The molecule has 17 nitrogen and oxygen atoms in total. The Balaban J connectivity index is 5.22. The molecule has 0 spiro atoms. The van der Waals surface area contributed by atoms with Gasteiger partial charge in [0.25, 0.3) is 0 Å². The zero-order valence-electron chi connectivity index (χ0n) is 57.7. The minimum Gasteiger partial charge on any atom is -0.462 e. The summed E-state index contributed by atoms with van der Waals surface area (Å²) in [7, 11) is -9.90. The molecular formula is C70H136O17P2. The molecule has 0 radical (unpaired) electrons. The van der Waals surface area contributed by atoms with Gasteiger partial charge in [-0.15, -0.1) is 0 Å². The zero-order valence-corrected chi connectivity index (χ0v) is 59.5. The molecule has 0 aliphatic heterocycles. The maximum absolute atomic E-state index is 13.0. The van der Waals surface area contributed by atoms with Crippen LogP contribution in [-0.2, 0) is 65.4 Å². The number of aliphatic hydroxyl groups is 1. The van der Waals surface area contributed by atoms with Crippen molar-refractivity contribution in [2.75, 3.05) is 39.6 Å². The molecule has 3 unspecified atom stereocenters. The van der Waals surface area contributed by atoms with Gasteiger partial charge in [-0.25, -0.2) is 9.13 Å². The van der Waals surface area contributed by atoms with Gasteiger partial charge in [-0.3, -0.25) is 37.3 Å². The van der Waals surface area contributed by atoms with Crippen LogP contribution in [0.3, 0.4) is 0 Å². The molecule has 6 atom stereocenters. The van der Waals surface area contributed by atoms with E-state index in [9.17, 15) is 43.2 Å². The smallest absolute Gasteiger partial charge is 0.462 e. The fourth-order valence-electron chi connectivity index (χ4n) is 10.6. The number of ether oxygens (including phenoxy) is 4. The molecule has 0 bridgehead atoms. The Morgan fingerprint density at radius 1 is 0.326 bits per heavy atom. The van der Waals surface area contributed by atoms with E-state index < -0.39 is 97.5 Å². The van der Waals surface area contributed by atoms with Crippen LogP contribution < -0.4 is 0 Å². The summed E-state index contributed by atoms with van der Waals surface area (Å²) in [5.74, 6) is -0.582. The monoisotopic (exact) mass is 1310 g/mol. The van der Waals surface area contributed by atoms with Crippen LogP contribution in [0.4, 0.5) is 0 Å². The van der Waals surface area contributed by atoms with Gasteiger partial charge in [0.1, 0.15) is 19.3 Å². The second-order valence-corrected chi connectivity index (χ2v) is 28.9. The van der Waals surface area contributed by atoms with E-state index in [0.29, 0.717) is 25.7 Å².